The van der Waals surface area contributed by atoms with Crippen LogP contribution in [0.1, 0.15) is 48.2 Å². The van der Waals surface area contributed by atoms with Crippen molar-refractivity contribution in [2.24, 2.45) is 0 Å². The smallest absolute Gasteiger partial charge is 0.0453 e. The van der Waals surface area contributed by atoms with Crippen molar-refractivity contribution in [2.75, 3.05) is 0 Å². The fraction of sp³-hybridized carbons (Fsp3) is 0.333. The third kappa shape index (κ3) is 3.62. The van der Waals surface area contributed by atoms with Crippen molar-refractivity contribution >= 4 is 11.6 Å². The van der Waals surface area contributed by atoms with Gasteiger partial charge in [-0.2, -0.15) is 0 Å². The van der Waals surface area contributed by atoms with Crippen LogP contribution in [0.2, 0.25) is 5.02 Å². The minimum Gasteiger partial charge on any atom is -0.304 e. The van der Waals surface area contributed by atoms with E-state index in [1.54, 1.807) is 0 Å². The van der Waals surface area contributed by atoms with Gasteiger partial charge in [0, 0.05) is 17.1 Å². The van der Waals surface area contributed by atoms with E-state index < -0.39 is 0 Å². The highest BCUT2D eigenvalue weighted by atomic mass is 35.5. The summed E-state index contributed by atoms with van der Waals surface area (Å²) in [6.07, 6.45) is 0. The summed E-state index contributed by atoms with van der Waals surface area (Å²) in [5, 5.41) is 4.44. The Bertz CT molecular complexity index is 571. The molecule has 0 aromatic heterocycles. The number of hydrogen-bond acceptors (Lipinski definition) is 1. The van der Waals surface area contributed by atoms with Crippen molar-refractivity contribution in [1.29, 1.82) is 0 Å². The van der Waals surface area contributed by atoms with E-state index in [1.165, 1.54) is 16.7 Å². The third-order valence-electron chi connectivity index (χ3n) is 3.62. The number of rotatable bonds is 4. The molecule has 0 heterocycles. The van der Waals surface area contributed by atoms with Crippen LogP contribution in [-0.4, -0.2) is 0 Å². The molecule has 2 aromatic rings. The molecule has 0 saturated heterocycles. The first kappa shape index (κ1) is 15.1. The molecule has 0 radical (unpaired) electrons. The van der Waals surface area contributed by atoms with E-state index in [0.717, 1.165) is 10.6 Å². The molecule has 0 aliphatic heterocycles. The molecule has 2 aromatic carbocycles. The van der Waals surface area contributed by atoms with Gasteiger partial charge in [0.15, 0.2) is 0 Å². The summed E-state index contributed by atoms with van der Waals surface area (Å²) < 4.78 is 0. The third-order valence-corrected chi connectivity index (χ3v) is 3.96. The summed E-state index contributed by atoms with van der Waals surface area (Å²) in [6, 6.07) is 15.2. The van der Waals surface area contributed by atoms with Gasteiger partial charge in [-0.1, -0.05) is 59.1 Å². The van der Waals surface area contributed by atoms with E-state index in [2.05, 4.69) is 57.3 Å². The lowest BCUT2D eigenvalue weighted by molar-refractivity contribution is 0.494. The zero-order valence-electron chi connectivity index (χ0n) is 12.6. The van der Waals surface area contributed by atoms with Crippen LogP contribution in [0.4, 0.5) is 0 Å². The molecule has 2 heteroatoms. The van der Waals surface area contributed by atoms with E-state index in [1.807, 2.05) is 18.2 Å². The molecular weight excluding hydrogens is 266 g/mol. The maximum absolute atomic E-state index is 6.26. The average molecular weight is 288 g/mol. The minimum absolute atomic E-state index is 0.222. The van der Waals surface area contributed by atoms with Crippen molar-refractivity contribution in [2.45, 2.75) is 39.8 Å². The second-order valence-corrected chi connectivity index (χ2v) is 5.96. The first-order chi connectivity index (χ1) is 9.47. The Hall–Kier alpha value is -1.31. The highest BCUT2D eigenvalue weighted by Gasteiger charge is 2.13. The second kappa shape index (κ2) is 6.43. The summed E-state index contributed by atoms with van der Waals surface area (Å²) in [6.45, 7) is 8.63. The molecule has 1 N–H and O–H groups in total. The highest BCUT2D eigenvalue weighted by Crippen LogP contribution is 2.25. The van der Waals surface area contributed by atoms with E-state index >= 15 is 0 Å². The van der Waals surface area contributed by atoms with E-state index in [0.29, 0.717) is 6.04 Å². The van der Waals surface area contributed by atoms with Gasteiger partial charge in [0.25, 0.3) is 0 Å². The number of halogens is 1. The maximum Gasteiger partial charge on any atom is 0.0453 e. The number of benzene rings is 2. The Kier molecular flexibility index (Phi) is 4.85. The van der Waals surface area contributed by atoms with Gasteiger partial charge in [-0.15, -0.1) is 0 Å². The summed E-state index contributed by atoms with van der Waals surface area (Å²) in [7, 11) is 0. The summed E-state index contributed by atoms with van der Waals surface area (Å²) >= 11 is 6.26. The lowest BCUT2D eigenvalue weighted by atomic mass is 10.0. The highest BCUT2D eigenvalue weighted by molar-refractivity contribution is 6.31. The normalized spacial score (nSPS) is 14.1. The van der Waals surface area contributed by atoms with Gasteiger partial charge in [0.2, 0.25) is 0 Å². The summed E-state index contributed by atoms with van der Waals surface area (Å²) in [5.41, 5.74) is 5.07. The molecule has 0 saturated carbocycles. The SMILES string of the molecule is Cc1cc(C)cc(C(C)NC(C)c2ccccc2Cl)c1. The first-order valence-corrected chi connectivity index (χ1v) is 7.44. The van der Waals surface area contributed by atoms with E-state index in [9.17, 15) is 0 Å². The van der Waals surface area contributed by atoms with Crippen LogP contribution >= 0.6 is 11.6 Å². The maximum atomic E-state index is 6.26. The topological polar surface area (TPSA) is 12.0 Å². The van der Waals surface area contributed by atoms with Crippen molar-refractivity contribution in [3.05, 3.63) is 69.7 Å². The Morgan fingerprint density at radius 1 is 0.900 bits per heavy atom. The molecule has 0 fully saturated rings. The molecule has 2 unspecified atom stereocenters. The molecule has 0 aliphatic rings. The van der Waals surface area contributed by atoms with Gasteiger partial charge in [0.1, 0.15) is 0 Å². The molecular formula is C18H22ClN. The Morgan fingerprint density at radius 3 is 2.10 bits per heavy atom. The second-order valence-electron chi connectivity index (χ2n) is 5.55. The van der Waals surface area contributed by atoms with Crippen LogP contribution in [0.25, 0.3) is 0 Å². The predicted octanol–water partition coefficient (Wildman–Crippen LogP) is 5.37. The standard InChI is InChI=1S/C18H22ClN/c1-12-9-13(2)11-16(10-12)14(3)20-15(4)17-7-5-6-8-18(17)19/h5-11,14-15,20H,1-4H3. The number of aryl methyl sites for hydroxylation is 2. The summed E-state index contributed by atoms with van der Waals surface area (Å²) in [5.74, 6) is 0. The van der Waals surface area contributed by atoms with Crippen molar-refractivity contribution in [3.63, 3.8) is 0 Å². The van der Waals surface area contributed by atoms with Gasteiger partial charge in [-0.05, 0) is 44.9 Å². The lowest BCUT2D eigenvalue weighted by Gasteiger charge is -2.22. The van der Waals surface area contributed by atoms with Gasteiger partial charge >= 0.3 is 0 Å². The molecule has 0 aliphatic carbocycles. The first-order valence-electron chi connectivity index (χ1n) is 7.06. The predicted molar refractivity (Wildman–Crippen MR) is 87.3 cm³/mol. The Labute approximate surface area is 127 Å². The van der Waals surface area contributed by atoms with Crippen LogP contribution in [0.3, 0.4) is 0 Å². The zero-order chi connectivity index (χ0) is 14.7. The van der Waals surface area contributed by atoms with Gasteiger partial charge in [-0.3, -0.25) is 0 Å². The Balaban J connectivity index is 2.15. The van der Waals surface area contributed by atoms with Crippen molar-refractivity contribution < 1.29 is 0 Å². The molecule has 2 rings (SSSR count). The van der Waals surface area contributed by atoms with E-state index in [4.69, 9.17) is 11.6 Å². The molecule has 2 atom stereocenters. The minimum atomic E-state index is 0.222. The fourth-order valence-corrected chi connectivity index (χ4v) is 2.95. The quantitative estimate of drug-likeness (QED) is 0.797. The van der Waals surface area contributed by atoms with Crippen molar-refractivity contribution in [3.8, 4) is 0 Å². The van der Waals surface area contributed by atoms with Gasteiger partial charge in [0.05, 0.1) is 0 Å². The molecule has 20 heavy (non-hydrogen) atoms. The van der Waals surface area contributed by atoms with Crippen LogP contribution in [-0.2, 0) is 0 Å². The molecule has 1 nitrogen and oxygen atoms in total. The van der Waals surface area contributed by atoms with E-state index in [-0.39, 0.29) is 6.04 Å². The van der Waals surface area contributed by atoms with Gasteiger partial charge < -0.3 is 5.32 Å². The fourth-order valence-electron chi connectivity index (χ4n) is 2.65. The van der Waals surface area contributed by atoms with Gasteiger partial charge in [-0.25, -0.2) is 0 Å². The molecule has 106 valence electrons. The lowest BCUT2D eigenvalue weighted by Crippen LogP contribution is -2.22. The Morgan fingerprint density at radius 2 is 1.50 bits per heavy atom. The molecule has 0 spiro atoms. The number of nitrogens with one attached hydrogen (secondary N) is 1. The van der Waals surface area contributed by atoms with Crippen LogP contribution in [0.15, 0.2) is 42.5 Å². The monoisotopic (exact) mass is 287 g/mol. The average Bonchev–Trinajstić information content (AvgIpc) is 2.37. The molecule has 0 amide bonds. The van der Waals surface area contributed by atoms with Crippen molar-refractivity contribution in [1.82, 2.24) is 5.32 Å². The van der Waals surface area contributed by atoms with Crippen LogP contribution in [0.5, 0.6) is 0 Å². The molecule has 0 bridgehead atoms. The van der Waals surface area contributed by atoms with Crippen LogP contribution in [0, 0.1) is 13.8 Å². The number of hydrogen-bond donors (Lipinski definition) is 1. The summed E-state index contributed by atoms with van der Waals surface area (Å²) in [4.78, 5) is 0. The van der Waals surface area contributed by atoms with Crippen LogP contribution < -0.4 is 5.32 Å². The largest absolute Gasteiger partial charge is 0.304 e. The zero-order valence-corrected chi connectivity index (χ0v) is 13.3.